The van der Waals surface area contributed by atoms with Gasteiger partial charge in [0.1, 0.15) is 17.1 Å². The van der Waals surface area contributed by atoms with Gasteiger partial charge < -0.3 is 14.5 Å². The number of hydrogen-bond donors (Lipinski definition) is 1. The largest absolute Gasteiger partial charge is 0.466 e. The van der Waals surface area contributed by atoms with Crippen LogP contribution in [0, 0.1) is 13.8 Å². The molecule has 1 aromatic carbocycles. The summed E-state index contributed by atoms with van der Waals surface area (Å²) in [6, 6.07) is 1.98. The zero-order chi connectivity index (χ0) is 21.3. The second-order valence-corrected chi connectivity index (χ2v) is 5.75. The summed E-state index contributed by atoms with van der Waals surface area (Å²) in [5.74, 6) is -1.39. The van der Waals surface area contributed by atoms with Crippen LogP contribution in [0.15, 0.2) is 28.7 Å². The Morgan fingerprint density at radius 2 is 1.50 bits per heavy atom. The minimum absolute atomic E-state index is 0.0451. The molecule has 0 aliphatic heterocycles. The lowest BCUT2D eigenvalue weighted by Crippen LogP contribution is -2.22. The number of hydrogen-bond acceptors (Lipinski definition) is 4. The van der Waals surface area contributed by atoms with Gasteiger partial charge in [-0.2, -0.15) is 26.3 Å². The summed E-state index contributed by atoms with van der Waals surface area (Å²) >= 11 is 0. The number of ether oxygens (including phenoxy) is 1. The Bertz CT molecular complexity index is 866. The maximum absolute atomic E-state index is 12.8. The van der Waals surface area contributed by atoms with E-state index in [9.17, 15) is 35.9 Å². The second-order valence-electron chi connectivity index (χ2n) is 5.75. The van der Waals surface area contributed by atoms with E-state index in [0.29, 0.717) is 17.9 Å². The highest BCUT2D eigenvalue weighted by molar-refractivity contribution is 5.96. The third-order valence-electron chi connectivity index (χ3n) is 3.47. The van der Waals surface area contributed by atoms with Crippen molar-refractivity contribution in [2.24, 2.45) is 0 Å². The Morgan fingerprint density at radius 3 is 1.93 bits per heavy atom. The van der Waals surface area contributed by atoms with Crippen LogP contribution in [0.3, 0.4) is 0 Å². The smallest absolute Gasteiger partial charge is 0.416 e. The molecule has 1 N–H and O–H groups in total. The van der Waals surface area contributed by atoms with Crippen molar-refractivity contribution in [1.82, 2.24) is 0 Å². The molecule has 0 bridgehead atoms. The first kappa shape index (κ1) is 21.3. The lowest BCUT2D eigenvalue weighted by molar-refractivity contribution is -0.143. The molecule has 1 amide bonds. The molecule has 11 heteroatoms. The Hall–Kier alpha value is -2.98. The lowest BCUT2D eigenvalue weighted by Gasteiger charge is -2.14. The number of rotatable bonds is 4. The van der Waals surface area contributed by atoms with Crippen LogP contribution in [0.4, 0.5) is 32.0 Å². The number of carbonyl (C=O) groups excluding carboxylic acids is 2. The number of esters is 1. The summed E-state index contributed by atoms with van der Waals surface area (Å²) in [4.78, 5) is 23.6. The van der Waals surface area contributed by atoms with Crippen LogP contribution in [0.1, 0.15) is 33.0 Å². The van der Waals surface area contributed by atoms with Gasteiger partial charge in [-0.15, -0.1) is 0 Å². The monoisotopic (exact) mass is 409 g/mol. The van der Waals surface area contributed by atoms with E-state index in [-0.39, 0.29) is 17.4 Å². The van der Waals surface area contributed by atoms with Gasteiger partial charge in [-0.05, 0) is 38.1 Å². The quantitative estimate of drug-likeness (QED) is 0.586. The molecule has 0 unspecified atom stereocenters. The minimum atomic E-state index is -5.05. The number of amides is 1. The van der Waals surface area contributed by atoms with Crippen molar-refractivity contribution in [3.05, 3.63) is 52.5 Å². The number of carbonyl (C=O) groups is 2. The van der Waals surface area contributed by atoms with E-state index < -0.39 is 47.7 Å². The summed E-state index contributed by atoms with van der Waals surface area (Å²) in [7, 11) is 0. The fourth-order valence-electron chi connectivity index (χ4n) is 2.27. The van der Waals surface area contributed by atoms with Gasteiger partial charge in [-0.1, -0.05) is 0 Å². The van der Waals surface area contributed by atoms with Gasteiger partial charge in [0.2, 0.25) is 0 Å². The maximum Gasteiger partial charge on any atom is 0.416 e. The van der Waals surface area contributed by atoms with Crippen LogP contribution in [0.25, 0.3) is 0 Å². The Balaban J connectivity index is 2.12. The molecule has 1 aromatic heterocycles. The number of alkyl halides is 6. The normalized spacial score (nSPS) is 12.0. The number of benzene rings is 1. The van der Waals surface area contributed by atoms with Crippen molar-refractivity contribution >= 4 is 17.6 Å². The van der Waals surface area contributed by atoms with E-state index in [2.05, 4.69) is 0 Å². The predicted octanol–water partition coefficient (Wildman–Crippen LogP) is 4.73. The highest BCUT2D eigenvalue weighted by Crippen LogP contribution is 2.37. The van der Waals surface area contributed by atoms with Crippen molar-refractivity contribution < 1.29 is 45.1 Å². The zero-order valence-corrected chi connectivity index (χ0v) is 14.4. The molecule has 2 rings (SSSR count). The van der Waals surface area contributed by atoms with Gasteiger partial charge >= 0.3 is 18.3 Å². The third kappa shape index (κ3) is 5.27. The van der Waals surface area contributed by atoms with Crippen LogP contribution in [-0.2, 0) is 21.9 Å². The van der Waals surface area contributed by atoms with Crippen molar-refractivity contribution in [1.29, 1.82) is 0 Å². The van der Waals surface area contributed by atoms with Crippen LogP contribution in [0.2, 0.25) is 0 Å². The van der Waals surface area contributed by atoms with Crippen molar-refractivity contribution in [3.8, 4) is 0 Å². The topological polar surface area (TPSA) is 68.5 Å². The first-order chi connectivity index (χ1) is 12.8. The minimum Gasteiger partial charge on any atom is -0.466 e. The number of furan rings is 1. The maximum atomic E-state index is 12.8. The molecule has 1 heterocycles. The number of nitrogens with one attached hydrogen (secondary N) is 1. The molecule has 5 nitrogen and oxygen atoms in total. The van der Waals surface area contributed by atoms with E-state index in [1.165, 1.54) is 13.0 Å². The number of anilines is 1. The van der Waals surface area contributed by atoms with Gasteiger partial charge in [0.15, 0.2) is 6.61 Å². The number of aryl methyl sites for hydroxylation is 2. The van der Waals surface area contributed by atoms with E-state index in [1.807, 2.05) is 5.32 Å². The van der Waals surface area contributed by atoms with E-state index in [0.717, 1.165) is 0 Å². The van der Waals surface area contributed by atoms with Crippen LogP contribution >= 0.6 is 0 Å². The summed E-state index contributed by atoms with van der Waals surface area (Å²) < 4.78 is 86.6. The Labute approximate surface area is 154 Å². The van der Waals surface area contributed by atoms with Crippen molar-refractivity contribution in [2.45, 2.75) is 26.2 Å². The van der Waals surface area contributed by atoms with Crippen LogP contribution < -0.4 is 5.32 Å². The number of halogens is 6. The SMILES string of the molecule is Cc1cc(C(=O)OCC(=O)Nc2cc(C(F)(F)F)cc(C(F)(F)F)c2)c(C)o1. The summed E-state index contributed by atoms with van der Waals surface area (Å²) in [6.07, 6.45) is -10.1. The summed E-state index contributed by atoms with van der Waals surface area (Å²) in [5, 5.41) is 1.85. The molecule has 0 saturated carbocycles. The highest BCUT2D eigenvalue weighted by atomic mass is 19.4. The summed E-state index contributed by atoms with van der Waals surface area (Å²) in [5.41, 5.74) is -3.86. The van der Waals surface area contributed by atoms with Gasteiger partial charge in [0.25, 0.3) is 5.91 Å². The van der Waals surface area contributed by atoms with Gasteiger partial charge in [0.05, 0.1) is 11.1 Å². The Kier molecular flexibility index (Phi) is 5.76. The molecule has 0 aliphatic carbocycles. The molecular formula is C17H13F6NO4. The molecule has 0 saturated heterocycles. The van der Waals surface area contributed by atoms with Crippen molar-refractivity contribution in [2.75, 3.05) is 11.9 Å². The summed E-state index contributed by atoms with van der Waals surface area (Å²) in [6.45, 7) is 2.13. The lowest BCUT2D eigenvalue weighted by atomic mass is 10.1. The third-order valence-corrected chi connectivity index (χ3v) is 3.47. The van der Waals surface area contributed by atoms with Gasteiger partial charge in [0, 0.05) is 5.69 Å². The van der Waals surface area contributed by atoms with Gasteiger partial charge in [-0.25, -0.2) is 4.79 Å². The zero-order valence-electron chi connectivity index (χ0n) is 14.4. The fourth-order valence-corrected chi connectivity index (χ4v) is 2.27. The molecule has 0 spiro atoms. The standard InChI is InChI=1S/C17H13F6NO4/c1-8-3-13(9(2)28-8)15(26)27-7-14(25)24-12-5-10(16(18,19)20)4-11(6-12)17(21,22)23/h3-6H,7H2,1-2H3,(H,24,25). The van der Waals surface area contributed by atoms with E-state index >= 15 is 0 Å². The molecule has 0 atom stereocenters. The first-order valence-corrected chi connectivity index (χ1v) is 7.61. The molecule has 0 radical (unpaired) electrons. The molecule has 0 aliphatic rings. The highest BCUT2D eigenvalue weighted by Gasteiger charge is 2.37. The second kappa shape index (κ2) is 7.56. The van der Waals surface area contributed by atoms with Crippen LogP contribution in [-0.4, -0.2) is 18.5 Å². The van der Waals surface area contributed by atoms with E-state index in [4.69, 9.17) is 9.15 Å². The average Bonchev–Trinajstić information content (AvgIpc) is 2.89. The first-order valence-electron chi connectivity index (χ1n) is 7.61. The fraction of sp³-hybridized carbons (Fsp3) is 0.294. The predicted molar refractivity (Wildman–Crippen MR) is 83.5 cm³/mol. The Morgan fingerprint density at radius 1 is 0.964 bits per heavy atom. The van der Waals surface area contributed by atoms with E-state index in [1.54, 1.807) is 6.92 Å². The molecule has 2 aromatic rings. The molecule has 0 fully saturated rings. The average molecular weight is 409 g/mol. The van der Waals surface area contributed by atoms with Crippen LogP contribution in [0.5, 0.6) is 0 Å². The van der Waals surface area contributed by atoms with Crippen molar-refractivity contribution in [3.63, 3.8) is 0 Å². The molecule has 28 heavy (non-hydrogen) atoms. The van der Waals surface area contributed by atoms with Gasteiger partial charge in [-0.3, -0.25) is 4.79 Å². The molecular weight excluding hydrogens is 396 g/mol. The molecule has 152 valence electrons.